The van der Waals surface area contributed by atoms with E-state index in [1.54, 1.807) is 17.8 Å². The molecule has 1 aliphatic rings. The zero-order valence-electron chi connectivity index (χ0n) is 11.9. The molecule has 0 radical (unpaired) electrons. The number of nitrogens with two attached hydrogens (primary N) is 1. The molecular formula is C13H20N2O3S2. The van der Waals surface area contributed by atoms with E-state index in [9.17, 15) is 8.42 Å². The summed E-state index contributed by atoms with van der Waals surface area (Å²) in [5.41, 5.74) is 6.16. The van der Waals surface area contributed by atoms with Gasteiger partial charge >= 0.3 is 0 Å². The minimum Gasteiger partial charge on any atom is -0.495 e. The highest BCUT2D eigenvalue weighted by atomic mass is 32.2. The molecule has 1 saturated heterocycles. The summed E-state index contributed by atoms with van der Waals surface area (Å²) in [7, 11) is -2.10. The SMILES string of the molecule is COc1cc(N)ccc1S(=O)(=O)N1CCSC(C)(C)C1. The molecule has 1 aromatic rings. The molecular weight excluding hydrogens is 296 g/mol. The van der Waals surface area contributed by atoms with Crippen molar-refractivity contribution in [3.8, 4) is 5.75 Å². The second kappa shape index (κ2) is 5.46. The van der Waals surface area contributed by atoms with Crippen molar-refractivity contribution in [2.24, 2.45) is 0 Å². The molecule has 0 amide bonds. The van der Waals surface area contributed by atoms with Gasteiger partial charge in [-0.05, 0) is 26.0 Å². The number of hydrogen-bond donors (Lipinski definition) is 1. The van der Waals surface area contributed by atoms with Gasteiger partial charge in [-0.1, -0.05) is 0 Å². The molecule has 2 N–H and O–H groups in total. The molecule has 0 aliphatic carbocycles. The van der Waals surface area contributed by atoms with Gasteiger partial charge in [0.2, 0.25) is 10.0 Å². The summed E-state index contributed by atoms with van der Waals surface area (Å²) in [6.45, 7) is 5.12. The van der Waals surface area contributed by atoms with Crippen LogP contribution in [0.4, 0.5) is 5.69 Å². The van der Waals surface area contributed by atoms with Crippen LogP contribution < -0.4 is 10.5 Å². The molecule has 0 unspecified atom stereocenters. The van der Waals surface area contributed by atoms with Gasteiger partial charge in [0.1, 0.15) is 10.6 Å². The van der Waals surface area contributed by atoms with Gasteiger partial charge < -0.3 is 10.5 Å². The van der Waals surface area contributed by atoms with Gasteiger partial charge in [-0.25, -0.2) is 8.42 Å². The summed E-state index contributed by atoms with van der Waals surface area (Å²) >= 11 is 1.79. The van der Waals surface area contributed by atoms with Crippen LogP contribution >= 0.6 is 11.8 Å². The first-order chi connectivity index (χ1) is 9.26. The molecule has 1 aliphatic heterocycles. The van der Waals surface area contributed by atoms with Crippen molar-refractivity contribution in [1.82, 2.24) is 4.31 Å². The van der Waals surface area contributed by atoms with Crippen LogP contribution in [0.5, 0.6) is 5.75 Å². The van der Waals surface area contributed by atoms with Crippen molar-refractivity contribution in [3.63, 3.8) is 0 Å². The zero-order valence-corrected chi connectivity index (χ0v) is 13.6. The van der Waals surface area contributed by atoms with E-state index in [0.29, 0.717) is 24.5 Å². The summed E-state index contributed by atoms with van der Waals surface area (Å²) in [6, 6.07) is 4.63. The minimum absolute atomic E-state index is 0.0770. The third kappa shape index (κ3) is 3.05. The highest BCUT2D eigenvalue weighted by Crippen LogP contribution is 2.35. The van der Waals surface area contributed by atoms with Crippen LogP contribution in [0.2, 0.25) is 0 Å². The first kappa shape index (κ1) is 15.5. The van der Waals surface area contributed by atoms with E-state index >= 15 is 0 Å². The van der Waals surface area contributed by atoms with Gasteiger partial charge in [-0.15, -0.1) is 0 Å². The lowest BCUT2D eigenvalue weighted by molar-refractivity contribution is 0.376. The van der Waals surface area contributed by atoms with Crippen molar-refractivity contribution in [2.75, 3.05) is 31.7 Å². The van der Waals surface area contributed by atoms with Crippen molar-refractivity contribution in [3.05, 3.63) is 18.2 Å². The maximum Gasteiger partial charge on any atom is 0.246 e. The van der Waals surface area contributed by atoms with Gasteiger partial charge in [-0.2, -0.15) is 16.1 Å². The first-order valence-corrected chi connectivity index (χ1v) is 8.76. The molecule has 7 heteroatoms. The second-order valence-electron chi connectivity index (χ2n) is 5.36. The van der Waals surface area contributed by atoms with Crippen LogP contribution in [0.1, 0.15) is 13.8 Å². The summed E-state index contributed by atoms with van der Waals surface area (Å²) < 4.78 is 32.1. The number of rotatable bonds is 3. The summed E-state index contributed by atoms with van der Waals surface area (Å²) in [5.74, 6) is 1.09. The first-order valence-electron chi connectivity index (χ1n) is 6.34. The number of benzene rings is 1. The zero-order chi connectivity index (χ0) is 15.0. The fraction of sp³-hybridized carbons (Fsp3) is 0.538. The molecule has 1 aromatic carbocycles. The fourth-order valence-electron chi connectivity index (χ4n) is 2.21. The van der Waals surface area contributed by atoms with E-state index < -0.39 is 10.0 Å². The van der Waals surface area contributed by atoms with Gasteiger partial charge in [0.05, 0.1) is 7.11 Å². The molecule has 1 fully saturated rings. The Morgan fingerprint density at radius 2 is 2.10 bits per heavy atom. The van der Waals surface area contributed by atoms with E-state index in [4.69, 9.17) is 10.5 Å². The fourth-order valence-corrected chi connectivity index (χ4v) is 5.26. The van der Waals surface area contributed by atoms with E-state index in [-0.39, 0.29) is 9.64 Å². The Labute approximate surface area is 124 Å². The Balaban J connectivity index is 2.40. The summed E-state index contributed by atoms with van der Waals surface area (Å²) in [4.78, 5) is 0.178. The Morgan fingerprint density at radius 1 is 1.40 bits per heavy atom. The van der Waals surface area contributed by atoms with E-state index in [1.807, 2.05) is 0 Å². The van der Waals surface area contributed by atoms with Crippen LogP contribution in [0.25, 0.3) is 0 Å². The van der Waals surface area contributed by atoms with E-state index in [0.717, 1.165) is 5.75 Å². The predicted octanol–water partition coefficient (Wildman–Crippen LogP) is 1.79. The second-order valence-corrected chi connectivity index (χ2v) is 9.07. The minimum atomic E-state index is -3.55. The lowest BCUT2D eigenvalue weighted by Crippen LogP contribution is -2.46. The Kier molecular flexibility index (Phi) is 4.22. The average Bonchev–Trinajstić information content (AvgIpc) is 2.37. The number of nitrogen functional groups attached to an aromatic ring is 1. The number of ether oxygens (including phenoxy) is 1. The monoisotopic (exact) mass is 316 g/mol. The Morgan fingerprint density at radius 3 is 2.70 bits per heavy atom. The number of thioether (sulfide) groups is 1. The highest BCUT2D eigenvalue weighted by molar-refractivity contribution is 8.00. The topological polar surface area (TPSA) is 72.6 Å². The normalized spacial score (nSPS) is 19.8. The van der Waals surface area contributed by atoms with Crippen LogP contribution in [0, 0.1) is 0 Å². The van der Waals surface area contributed by atoms with Crippen molar-refractivity contribution < 1.29 is 13.2 Å². The quantitative estimate of drug-likeness (QED) is 0.861. The highest BCUT2D eigenvalue weighted by Gasteiger charge is 2.35. The van der Waals surface area contributed by atoms with Gasteiger partial charge in [-0.3, -0.25) is 0 Å². The molecule has 112 valence electrons. The number of anilines is 1. The van der Waals surface area contributed by atoms with Crippen molar-refractivity contribution >= 4 is 27.5 Å². The molecule has 0 aromatic heterocycles. The van der Waals surface area contributed by atoms with E-state index in [1.165, 1.54) is 23.5 Å². The largest absolute Gasteiger partial charge is 0.495 e. The molecule has 0 bridgehead atoms. The molecule has 0 saturated carbocycles. The third-order valence-electron chi connectivity index (χ3n) is 3.20. The lowest BCUT2D eigenvalue weighted by Gasteiger charge is -2.36. The van der Waals surface area contributed by atoms with Gasteiger partial charge in [0.15, 0.2) is 0 Å². The molecule has 20 heavy (non-hydrogen) atoms. The van der Waals surface area contributed by atoms with Gasteiger partial charge in [0, 0.05) is 35.3 Å². The maximum atomic E-state index is 12.8. The molecule has 2 rings (SSSR count). The van der Waals surface area contributed by atoms with E-state index in [2.05, 4.69) is 13.8 Å². The summed E-state index contributed by atoms with van der Waals surface area (Å²) in [5, 5.41) is 0. The standard InChI is InChI=1S/C13H20N2O3S2/c1-13(2)9-15(6-7-19-13)20(16,17)12-5-4-10(14)8-11(12)18-3/h4-5,8H,6-7,9,14H2,1-3H3. The molecule has 0 spiro atoms. The van der Waals surface area contributed by atoms with Crippen LogP contribution in [0.15, 0.2) is 23.1 Å². The number of methoxy groups -OCH3 is 1. The molecule has 1 heterocycles. The number of sulfonamides is 1. The Bertz CT molecular complexity index is 600. The van der Waals surface area contributed by atoms with Crippen LogP contribution in [-0.2, 0) is 10.0 Å². The van der Waals surface area contributed by atoms with Gasteiger partial charge in [0.25, 0.3) is 0 Å². The average molecular weight is 316 g/mol. The number of nitrogens with zero attached hydrogens (tertiary/aromatic N) is 1. The predicted molar refractivity (Wildman–Crippen MR) is 82.7 cm³/mol. The number of hydrogen-bond acceptors (Lipinski definition) is 5. The van der Waals surface area contributed by atoms with Crippen molar-refractivity contribution in [1.29, 1.82) is 0 Å². The van der Waals surface area contributed by atoms with Crippen LogP contribution in [-0.4, -0.2) is 43.4 Å². The van der Waals surface area contributed by atoms with Crippen LogP contribution in [0.3, 0.4) is 0 Å². The third-order valence-corrected chi connectivity index (χ3v) is 6.38. The lowest BCUT2D eigenvalue weighted by atomic mass is 10.2. The molecule has 0 atom stereocenters. The molecule has 5 nitrogen and oxygen atoms in total. The smallest absolute Gasteiger partial charge is 0.246 e. The maximum absolute atomic E-state index is 12.8. The van der Waals surface area contributed by atoms with Crippen molar-refractivity contribution in [2.45, 2.75) is 23.5 Å². The summed E-state index contributed by atoms with van der Waals surface area (Å²) in [6.07, 6.45) is 0. The Hall–Kier alpha value is -0.920.